The van der Waals surface area contributed by atoms with Crippen molar-refractivity contribution in [1.82, 2.24) is 10.6 Å². The first-order valence-corrected chi connectivity index (χ1v) is 7.02. The summed E-state index contributed by atoms with van der Waals surface area (Å²) in [6.07, 6.45) is -3.27. The van der Waals surface area contributed by atoms with Gasteiger partial charge in [-0.3, -0.25) is 4.79 Å². The first kappa shape index (κ1) is 17.5. The predicted octanol–water partition coefficient (Wildman–Crippen LogP) is 3.27. The highest BCUT2D eigenvalue weighted by Crippen LogP contribution is 2.34. The van der Waals surface area contributed by atoms with Gasteiger partial charge in [-0.15, -0.1) is 0 Å². The second kappa shape index (κ2) is 8.02. The molecule has 0 fully saturated rings. The molecule has 2 N–H and O–H groups in total. The van der Waals surface area contributed by atoms with Crippen molar-refractivity contribution in [3.8, 4) is 0 Å². The van der Waals surface area contributed by atoms with Gasteiger partial charge in [0.2, 0.25) is 5.91 Å². The maximum Gasteiger partial charge on any atom is 0.416 e. The van der Waals surface area contributed by atoms with Crippen LogP contribution in [0.4, 0.5) is 13.2 Å². The van der Waals surface area contributed by atoms with E-state index in [0.717, 1.165) is 12.5 Å². The van der Waals surface area contributed by atoms with Crippen molar-refractivity contribution in [1.29, 1.82) is 0 Å². The fraction of sp³-hybridized carbons (Fsp3) is 0.533. The molecule has 0 bridgehead atoms. The van der Waals surface area contributed by atoms with Crippen LogP contribution in [0, 0.1) is 0 Å². The zero-order valence-electron chi connectivity index (χ0n) is 12.3. The van der Waals surface area contributed by atoms with Gasteiger partial charge < -0.3 is 10.6 Å². The van der Waals surface area contributed by atoms with Crippen molar-refractivity contribution in [3.05, 3.63) is 35.4 Å². The molecule has 1 rings (SSSR count). The molecule has 0 heterocycles. The third-order valence-corrected chi connectivity index (χ3v) is 3.11. The van der Waals surface area contributed by atoms with E-state index in [1.807, 2.05) is 6.92 Å². The smallest absolute Gasteiger partial charge is 0.356 e. The molecule has 0 aliphatic carbocycles. The number of hydrogen-bond acceptors (Lipinski definition) is 2. The van der Waals surface area contributed by atoms with E-state index in [0.29, 0.717) is 13.1 Å². The Balaban J connectivity index is 2.57. The minimum atomic E-state index is -4.37. The molecule has 0 aliphatic heterocycles. The number of rotatable bonds is 7. The van der Waals surface area contributed by atoms with Crippen molar-refractivity contribution >= 4 is 5.91 Å². The Labute approximate surface area is 122 Å². The summed E-state index contributed by atoms with van der Waals surface area (Å²) >= 11 is 0. The van der Waals surface area contributed by atoms with Gasteiger partial charge in [0.1, 0.15) is 0 Å². The Bertz CT molecular complexity index is 460. The number of nitrogens with one attached hydrogen (secondary N) is 2. The van der Waals surface area contributed by atoms with Gasteiger partial charge in [0, 0.05) is 25.6 Å². The number of benzene rings is 1. The van der Waals surface area contributed by atoms with E-state index >= 15 is 0 Å². The molecule has 6 heteroatoms. The Morgan fingerprint density at radius 1 is 1.24 bits per heavy atom. The maximum atomic E-state index is 12.9. The highest BCUT2D eigenvalue weighted by molar-refractivity contribution is 5.75. The molecule has 118 valence electrons. The second-order valence-corrected chi connectivity index (χ2v) is 4.86. The van der Waals surface area contributed by atoms with E-state index in [9.17, 15) is 18.0 Å². The fourth-order valence-electron chi connectivity index (χ4n) is 2.00. The largest absolute Gasteiger partial charge is 0.416 e. The van der Waals surface area contributed by atoms with Gasteiger partial charge >= 0.3 is 6.18 Å². The molecule has 1 atom stereocenters. The number of halogens is 3. The van der Waals surface area contributed by atoms with Crippen molar-refractivity contribution in [2.45, 2.75) is 38.9 Å². The number of carbonyl (C=O) groups excluding carboxylic acids is 1. The van der Waals surface area contributed by atoms with E-state index in [-0.39, 0.29) is 17.9 Å². The first-order valence-electron chi connectivity index (χ1n) is 7.02. The number of carbonyl (C=O) groups is 1. The Kier molecular flexibility index (Phi) is 6.68. The van der Waals surface area contributed by atoms with Crippen LogP contribution in [0.15, 0.2) is 24.3 Å². The third-order valence-electron chi connectivity index (χ3n) is 3.11. The molecule has 1 aromatic rings. The zero-order valence-corrected chi connectivity index (χ0v) is 12.3. The minimum absolute atomic E-state index is 0.0966. The minimum Gasteiger partial charge on any atom is -0.356 e. The summed E-state index contributed by atoms with van der Waals surface area (Å²) in [4.78, 5) is 11.4. The molecule has 0 saturated carbocycles. The lowest BCUT2D eigenvalue weighted by atomic mass is 10.0. The summed E-state index contributed by atoms with van der Waals surface area (Å²) in [5.41, 5.74) is -0.445. The topological polar surface area (TPSA) is 41.1 Å². The molecule has 1 unspecified atom stereocenters. The summed E-state index contributed by atoms with van der Waals surface area (Å²) in [6.45, 7) is 4.57. The monoisotopic (exact) mass is 302 g/mol. The summed E-state index contributed by atoms with van der Waals surface area (Å²) in [6, 6.07) is 5.01. The number of alkyl halides is 3. The van der Waals surface area contributed by atoms with Gasteiger partial charge in [-0.1, -0.05) is 25.1 Å². The van der Waals surface area contributed by atoms with Gasteiger partial charge in [0.25, 0.3) is 0 Å². The van der Waals surface area contributed by atoms with Gasteiger partial charge in [-0.05, 0) is 25.0 Å². The van der Waals surface area contributed by atoms with Crippen molar-refractivity contribution in [3.63, 3.8) is 0 Å². The summed E-state index contributed by atoms with van der Waals surface area (Å²) in [7, 11) is 0. The van der Waals surface area contributed by atoms with Gasteiger partial charge in [-0.25, -0.2) is 0 Å². The van der Waals surface area contributed by atoms with Crippen LogP contribution in [-0.2, 0) is 11.0 Å². The van der Waals surface area contributed by atoms with E-state index in [2.05, 4.69) is 10.6 Å². The molecule has 21 heavy (non-hydrogen) atoms. The van der Waals surface area contributed by atoms with Crippen LogP contribution in [0.5, 0.6) is 0 Å². The lowest BCUT2D eigenvalue weighted by Gasteiger charge is -2.19. The average Bonchev–Trinajstić information content (AvgIpc) is 2.44. The number of hydrogen-bond donors (Lipinski definition) is 2. The molecule has 0 aliphatic rings. The molecule has 0 radical (unpaired) electrons. The van der Waals surface area contributed by atoms with Crippen LogP contribution in [0.25, 0.3) is 0 Å². The van der Waals surface area contributed by atoms with Crippen LogP contribution in [0.2, 0.25) is 0 Å². The second-order valence-electron chi connectivity index (χ2n) is 4.86. The lowest BCUT2D eigenvalue weighted by molar-refractivity contribution is -0.138. The van der Waals surface area contributed by atoms with E-state index < -0.39 is 17.8 Å². The molecular weight excluding hydrogens is 281 g/mol. The van der Waals surface area contributed by atoms with E-state index in [1.54, 1.807) is 13.0 Å². The normalized spacial score (nSPS) is 13.0. The van der Waals surface area contributed by atoms with Crippen molar-refractivity contribution in [2.24, 2.45) is 0 Å². The molecule has 0 spiro atoms. The maximum absolute atomic E-state index is 12.9. The van der Waals surface area contributed by atoms with E-state index in [1.165, 1.54) is 12.1 Å². The molecule has 1 aromatic carbocycles. The molecular formula is C15H21F3N2O. The standard InChI is InChI=1S/C15H21F3N2O/c1-3-9-20-14(21)8-10-19-11(2)12-6-4-5-7-13(12)15(16,17)18/h4-7,11,19H,3,8-10H2,1-2H3,(H,20,21). The van der Waals surface area contributed by atoms with E-state index in [4.69, 9.17) is 0 Å². The average molecular weight is 302 g/mol. The predicted molar refractivity (Wildman–Crippen MR) is 75.8 cm³/mol. The van der Waals surface area contributed by atoms with Gasteiger partial charge in [0.15, 0.2) is 0 Å². The number of amides is 1. The zero-order chi connectivity index (χ0) is 15.9. The van der Waals surface area contributed by atoms with Crippen LogP contribution in [-0.4, -0.2) is 19.0 Å². The third kappa shape index (κ3) is 5.75. The van der Waals surface area contributed by atoms with Crippen LogP contribution in [0.3, 0.4) is 0 Å². The Hall–Kier alpha value is -1.56. The molecule has 0 saturated heterocycles. The fourth-order valence-corrected chi connectivity index (χ4v) is 2.00. The van der Waals surface area contributed by atoms with Crippen molar-refractivity contribution < 1.29 is 18.0 Å². The molecule has 1 amide bonds. The highest BCUT2D eigenvalue weighted by atomic mass is 19.4. The summed E-state index contributed by atoms with van der Waals surface area (Å²) in [5.74, 6) is -0.0966. The Morgan fingerprint density at radius 2 is 1.90 bits per heavy atom. The molecule has 3 nitrogen and oxygen atoms in total. The quantitative estimate of drug-likeness (QED) is 0.811. The SMILES string of the molecule is CCCNC(=O)CCNC(C)c1ccccc1C(F)(F)F. The van der Waals surface area contributed by atoms with Gasteiger partial charge in [0.05, 0.1) is 5.56 Å². The lowest BCUT2D eigenvalue weighted by Crippen LogP contribution is -2.29. The van der Waals surface area contributed by atoms with Gasteiger partial charge in [-0.2, -0.15) is 13.2 Å². The Morgan fingerprint density at radius 3 is 2.52 bits per heavy atom. The highest BCUT2D eigenvalue weighted by Gasteiger charge is 2.33. The molecule has 0 aromatic heterocycles. The summed E-state index contributed by atoms with van der Waals surface area (Å²) < 4.78 is 38.7. The van der Waals surface area contributed by atoms with Crippen molar-refractivity contribution in [2.75, 3.05) is 13.1 Å². The first-order chi connectivity index (χ1) is 9.86. The van der Waals surface area contributed by atoms with Crippen LogP contribution < -0.4 is 10.6 Å². The van der Waals surface area contributed by atoms with Crippen LogP contribution in [0.1, 0.15) is 43.9 Å². The van der Waals surface area contributed by atoms with Crippen LogP contribution >= 0.6 is 0 Å². The summed E-state index contributed by atoms with van der Waals surface area (Å²) in [5, 5.41) is 5.68.